The molecule has 0 radical (unpaired) electrons. The Hall–Kier alpha value is -3.22. The maximum absolute atomic E-state index is 12.0. The molecule has 0 spiro atoms. The van der Waals surface area contributed by atoms with E-state index in [-0.39, 0.29) is 0 Å². The summed E-state index contributed by atoms with van der Waals surface area (Å²) < 4.78 is 1.54. The number of nitrogens with zero attached hydrogens (tertiary/aromatic N) is 5. The average molecular weight is 294 g/mol. The average Bonchev–Trinajstić information content (AvgIpc) is 2.99. The van der Waals surface area contributed by atoms with Gasteiger partial charge in [-0.1, -0.05) is 24.3 Å². The maximum atomic E-state index is 12.0. The van der Waals surface area contributed by atoms with E-state index in [1.165, 1.54) is 11.2 Å². The summed E-state index contributed by atoms with van der Waals surface area (Å²) in [5, 5.41) is 4.17. The monoisotopic (exact) mass is 294 g/mol. The van der Waals surface area contributed by atoms with Crippen LogP contribution in [0, 0.1) is 6.92 Å². The molecule has 110 valence electrons. The second-order valence-corrected chi connectivity index (χ2v) is 4.62. The number of aromatic nitrogens is 4. The van der Waals surface area contributed by atoms with Crippen LogP contribution < -0.4 is 10.6 Å². The minimum Gasteiger partial charge on any atom is -0.351 e. The van der Waals surface area contributed by atoms with Gasteiger partial charge < -0.3 is 5.73 Å². The van der Waals surface area contributed by atoms with Gasteiger partial charge in [0.05, 0.1) is 5.69 Å². The van der Waals surface area contributed by atoms with E-state index in [0.717, 1.165) is 11.3 Å². The summed E-state index contributed by atoms with van der Waals surface area (Å²) >= 11 is 0. The molecule has 2 N–H and O–H groups in total. The molecule has 7 nitrogen and oxygen atoms in total. The molecule has 1 aromatic carbocycles. The van der Waals surface area contributed by atoms with Gasteiger partial charge in [-0.15, -0.1) is 0 Å². The van der Waals surface area contributed by atoms with Crippen molar-refractivity contribution in [1.29, 1.82) is 0 Å². The molecule has 0 bridgehead atoms. The summed E-state index contributed by atoms with van der Waals surface area (Å²) in [7, 11) is 0. The number of primary amides is 1. The number of carbonyl (C=O) groups excluding carboxylic acids is 1. The molecule has 0 saturated heterocycles. The fourth-order valence-electron chi connectivity index (χ4n) is 2.15. The number of amides is 2. The van der Waals surface area contributed by atoms with Crippen molar-refractivity contribution in [3.8, 4) is 5.69 Å². The summed E-state index contributed by atoms with van der Waals surface area (Å²) in [6, 6.07) is 12.3. The smallest absolute Gasteiger partial charge is 0.327 e. The first kappa shape index (κ1) is 13.7. The molecule has 22 heavy (non-hydrogen) atoms. The zero-order valence-electron chi connectivity index (χ0n) is 11.9. The number of aryl methyl sites for hydroxylation is 1. The summed E-state index contributed by atoms with van der Waals surface area (Å²) in [4.78, 5) is 21.6. The lowest BCUT2D eigenvalue weighted by Gasteiger charge is -2.20. The van der Waals surface area contributed by atoms with E-state index in [1.807, 2.05) is 43.3 Å². The standard InChI is InChI=1S/C15H14N6O/c1-11-6-5-9-17-13(11)20(14(16)22)15-18-10-19-21(15)12-7-3-2-4-8-12/h2-10H,1H3,(H2,16,22). The van der Waals surface area contributed by atoms with E-state index < -0.39 is 6.03 Å². The predicted molar refractivity (Wildman–Crippen MR) is 82.1 cm³/mol. The molecule has 2 amide bonds. The predicted octanol–water partition coefficient (Wildman–Crippen LogP) is 2.19. The normalized spacial score (nSPS) is 10.4. The highest BCUT2D eigenvalue weighted by molar-refractivity contribution is 5.96. The fourth-order valence-corrected chi connectivity index (χ4v) is 2.15. The van der Waals surface area contributed by atoms with Crippen molar-refractivity contribution in [2.75, 3.05) is 4.90 Å². The quantitative estimate of drug-likeness (QED) is 0.801. The number of hydrogen-bond donors (Lipinski definition) is 1. The molecule has 3 rings (SSSR count). The first-order valence-electron chi connectivity index (χ1n) is 6.65. The minimum absolute atomic E-state index is 0.292. The Labute approximate surface area is 127 Å². The summed E-state index contributed by atoms with van der Waals surface area (Å²) in [6.45, 7) is 1.85. The molecule has 0 atom stereocenters. The van der Waals surface area contributed by atoms with Crippen molar-refractivity contribution in [3.05, 3.63) is 60.6 Å². The highest BCUT2D eigenvalue weighted by atomic mass is 16.2. The number of pyridine rings is 1. The molecule has 0 saturated carbocycles. The van der Waals surface area contributed by atoms with E-state index >= 15 is 0 Å². The van der Waals surface area contributed by atoms with Crippen molar-refractivity contribution in [3.63, 3.8) is 0 Å². The number of urea groups is 1. The summed E-state index contributed by atoms with van der Waals surface area (Å²) in [5.41, 5.74) is 7.12. The largest absolute Gasteiger partial charge is 0.351 e. The highest BCUT2D eigenvalue weighted by Crippen LogP contribution is 2.25. The van der Waals surface area contributed by atoms with Crippen LogP contribution in [0.5, 0.6) is 0 Å². The number of rotatable bonds is 3. The third kappa shape index (κ3) is 2.39. The minimum atomic E-state index is -0.674. The van der Waals surface area contributed by atoms with Gasteiger partial charge >= 0.3 is 6.03 Å². The van der Waals surface area contributed by atoms with Crippen LogP contribution in [0.4, 0.5) is 16.6 Å². The molecule has 2 aromatic heterocycles. The summed E-state index contributed by atoms with van der Waals surface area (Å²) in [6.07, 6.45) is 2.97. The van der Waals surface area contributed by atoms with Crippen LogP contribution in [0.15, 0.2) is 55.0 Å². The van der Waals surface area contributed by atoms with E-state index in [4.69, 9.17) is 5.73 Å². The molecular weight excluding hydrogens is 280 g/mol. The first-order chi connectivity index (χ1) is 10.7. The summed E-state index contributed by atoms with van der Waals surface area (Å²) in [5.74, 6) is 0.723. The zero-order valence-corrected chi connectivity index (χ0v) is 11.9. The van der Waals surface area contributed by atoms with Crippen molar-refractivity contribution in [2.24, 2.45) is 5.73 Å². The third-order valence-electron chi connectivity index (χ3n) is 3.14. The molecule has 0 aliphatic carbocycles. The Kier molecular flexibility index (Phi) is 3.53. The fraction of sp³-hybridized carbons (Fsp3) is 0.0667. The molecule has 0 aliphatic heterocycles. The lowest BCUT2D eigenvalue weighted by molar-refractivity contribution is 0.255. The van der Waals surface area contributed by atoms with Gasteiger partial charge in [0.25, 0.3) is 0 Å². The van der Waals surface area contributed by atoms with E-state index in [0.29, 0.717) is 11.8 Å². The maximum Gasteiger partial charge on any atom is 0.327 e. The Bertz CT molecular complexity index is 799. The van der Waals surface area contributed by atoms with Crippen LogP contribution in [0.25, 0.3) is 5.69 Å². The van der Waals surface area contributed by atoms with Gasteiger partial charge in [-0.3, -0.25) is 0 Å². The molecule has 2 heterocycles. The van der Waals surface area contributed by atoms with Crippen molar-refractivity contribution in [1.82, 2.24) is 19.7 Å². The van der Waals surface area contributed by atoms with E-state index in [9.17, 15) is 4.79 Å². The Morgan fingerprint density at radius 1 is 1.14 bits per heavy atom. The lowest BCUT2D eigenvalue weighted by atomic mass is 10.3. The molecule has 7 heteroatoms. The molecule has 0 aliphatic rings. The van der Waals surface area contributed by atoms with Gasteiger partial charge in [0, 0.05) is 6.20 Å². The highest BCUT2D eigenvalue weighted by Gasteiger charge is 2.24. The number of carbonyl (C=O) groups is 1. The molecule has 0 fully saturated rings. The topological polar surface area (TPSA) is 89.9 Å². The lowest BCUT2D eigenvalue weighted by Crippen LogP contribution is -2.34. The number of para-hydroxylation sites is 1. The molecule has 0 unspecified atom stereocenters. The Morgan fingerprint density at radius 3 is 2.59 bits per heavy atom. The van der Waals surface area contributed by atoms with E-state index in [2.05, 4.69) is 15.1 Å². The van der Waals surface area contributed by atoms with Gasteiger partial charge in [-0.05, 0) is 30.7 Å². The Balaban J connectivity index is 2.14. The molecule has 3 aromatic rings. The van der Waals surface area contributed by atoms with Gasteiger partial charge in [0.15, 0.2) is 0 Å². The second kappa shape index (κ2) is 5.65. The van der Waals surface area contributed by atoms with Gasteiger partial charge in [-0.25, -0.2) is 14.7 Å². The van der Waals surface area contributed by atoms with Crippen molar-refractivity contribution < 1.29 is 4.79 Å². The third-order valence-corrected chi connectivity index (χ3v) is 3.14. The van der Waals surface area contributed by atoms with Gasteiger partial charge in [0.1, 0.15) is 12.1 Å². The van der Waals surface area contributed by atoms with Crippen LogP contribution in [-0.4, -0.2) is 25.8 Å². The first-order valence-corrected chi connectivity index (χ1v) is 6.65. The van der Waals surface area contributed by atoms with Crippen LogP contribution in [-0.2, 0) is 0 Å². The van der Waals surface area contributed by atoms with Crippen LogP contribution in [0.2, 0.25) is 0 Å². The van der Waals surface area contributed by atoms with Crippen molar-refractivity contribution >= 4 is 17.8 Å². The SMILES string of the molecule is Cc1cccnc1N(C(N)=O)c1ncnn1-c1ccccc1. The number of nitrogens with two attached hydrogens (primary N) is 1. The van der Waals surface area contributed by atoms with Crippen LogP contribution in [0.1, 0.15) is 5.56 Å². The number of benzene rings is 1. The van der Waals surface area contributed by atoms with Gasteiger partial charge in [0.2, 0.25) is 5.95 Å². The van der Waals surface area contributed by atoms with Gasteiger partial charge in [-0.2, -0.15) is 14.8 Å². The van der Waals surface area contributed by atoms with E-state index in [1.54, 1.807) is 16.9 Å². The van der Waals surface area contributed by atoms with Crippen molar-refractivity contribution in [2.45, 2.75) is 6.92 Å². The van der Waals surface area contributed by atoms with Crippen LogP contribution >= 0.6 is 0 Å². The zero-order chi connectivity index (χ0) is 15.5. The van der Waals surface area contributed by atoms with Crippen LogP contribution in [0.3, 0.4) is 0 Å². The number of hydrogen-bond acceptors (Lipinski definition) is 4. The Morgan fingerprint density at radius 2 is 1.91 bits per heavy atom. The second-order valence-electron chi connectivity index (χ2n) is 4.62. The molecular formula is C15H14N6O. The number of anilines is 2.